The van der Waals surface area contributed by atoms with Crippen LogP contribution in [0.1, 0.15) is 30.0 Å². The third-order valence-corrected chi connectivity index (χ3v) is 5.45. The quantitative estimate of drug-likeness (QED) is 0.803. The van der Waals surface area contributed by atoms with E-state index in [0.717, 1.165) is 41.0 Å². The Kier molecular flexibility index (Phi) is 4.55. The number of nitrogens with two attached hydrogens (primary N) is 1. The van der Waals surface area contributed by atoms with Crippen LogP contribution in [0.15, 0.2) is 35.5 Å². The molecular formula is C15H18F2N4O2S. The Morgan fingerprint density at radius 2 is 2.21 bits per heavy atom. The van der Waals surface area contributed by atoms with Gasteiger partial charge in [0.15, 0.2) is 0 Å². The predicted molar refractivity (Wildman–Crippen MR) is 85.1 cm³/mol. The van der Waals surface area contributed by atoms with Crippen LogP contribution in [0, 0.1) is 0 Å². The Labute approximate surface area is 138 Å². The van der Waals surface area contributed by atoms with Gasteiger partial charge in [0.1, 0.15) is 11.4 Å². The van der Waals surface area contributed by atoms with Crippen LogP contribution in [-0.4, -0.2) is 24.6 Å². The molecule has 1 heterocycles. The van der Waals surface area contributed by atoms with Gasteiger partial charge in [0.05, 0.1) is 6.20 Å². The molecule has 1 aromatic carbocycles. The molecule has 0 saturated heterocycles. The highest BCUT2D eigenvalue weighted by Gasteiger charge is 2.27. The first-order valence-corrected chi connectivity index (χ1v) is 9.05. The fourth-order valence-electron chi connectivity index (χ4n) is 2.94. The number of alkyl halides is 2. The van der Waals surface area contributed by atoms with Crippen molar-refractivity contribution in [1.29, 1.82) is 0 Å². The Balaban J connectivity index is 1.82. The third-order valence-electron chi connectivity index (χ3n) is 4.02. The number of nitrogens with one attached hydrogen (secondary N) is 1. The number of aromatic nitrogens is 2. The van der Waals surface area contributed by atoms with Crippen molar-refractivity contribution < 1.29 is 17.2 Å². The van der Waals surface area contributed by atoms with Crippen LogP contribution >= 0.6 is 0 Å². The molecule has 1 aliphatic rings. The minimum atomic E-state index is -3.84. The number of hydrogen-bond donors (Lipinski definition) is 2. The van der Waals surface area contributed by atoms with E-state index in [9.17, 15) is 17.2 Å². The minimum absolute atomic E-state index is 0.120. The maximum Gasteiger partial charge on any atom is 0.257 e. The summed E-state index contributed by atoms with van der Waals surface area (Å²) in [6.07, 6.45) is 1.96. The minimum Gasteiger partial charge on any atom is -0.399 e. The van der Waals surface area contributed by atoms with E-state index in [1.54, 1.807) is 6.07 Å². The van der Waals surface area contributed by atoms with Crippen molar-refractivity contribution >= 4 is 15.7 Å². The summed E-state index contributed by atoms with van der Waals surface area (Å²) in [5, 5.41) is 3.67. The van der Waals surface area contributed by atoms with Gasteiger partial charge in [-0.15, -0.1) is 0 Å². The first-order chi connectivity index (χ1) is 11.3. The zero-order chi connectivity index (χ0) is 17.3. The van der Waals surface area contributed by atoms with E-state index in [-0.39, 0.29) is 10.9 Å². The lowest BCUT2D eigenvalue weighted by atomic mass is 9.88. The molecule has 3 N–H and O–H groups in total. The van der Waals surface area contributed by atoms with Gasteiger partial charge in [-0.3, -0.25) is 4.68 Å². The van der Waals surface area contributed by atoms with E-state index in [4.69, 9.17) is 5.73 Å². The maximum absolute atomic E-state index is 12.5. The smallest absolute Gasteiger partial charge is 0.257 e. The van der Waals surface area contributed by atoms with Gasteiger partial charge in [0, 0.05) is 17.9 Å². The van der Waals surface area contributed by atoms with Crippen LogP contribution in [0.25, 0.3) is 0 Å². The highest BCUT2D eigenvalue weighted by molar-refractivity contribution is 7.89. The van der Waals surface area contributed by atoms with Gasteiger partial charge in [-0.25, -0.2) is 21.9 Å². The number of anilines is 1. The molecule has 130 valence electrons. The van der Waals surface area contributed by atoms with Gasteiger partial charge >= 0.3 is 0 Å². The van der Waals surface area contributed by atoms with E-state index in [1.807, 2.05) is 12.1 Å². The first kappa shape index (κ1) is 16.8. The van der Waals surface area contributed by atoms with Crippen LogP contribution in [-0.2, 0) is 23.0 Å². The zero-order valence-electron chi connectivity index (χ0n) is 12.8. The Hall–Kier alpha value is -2.00. The van der Waals surface area contributed by atoms with Gasteiger partial charge in [-0.1, -0.05) is 6.07 Å². The molecule has 1 aromatic heterocycles. The molecule has 0 amide bonds. The summed E-state index contributed by atoms with van der Waals surface area (Å²) in [5.41, 5.74) is 8.35. The van der Waals surface area contributed by atoms with Crippen molar-refractivity contribution in [1.82, 2.24) is 14.5 Å². The van der Waals surface area contributed by atoms with Crippen LogP contribution in [0.3, 0.4) is 0 Å². The van der Waals surface area contributed by atoms with Crippen LogP contribution < -0.4 is 10.5 Å². The van der Waals surface area contributed by atoms with Gasteiger partial charge in [-0.2, -0.15) is 5.10 Å². The normalized spacial score (nSPS) is 17.9. The number of rotatable bonds is 5. The van der Waals surface area contributed by atoms with Crippen molar-refractivity contribution in [2.24, 2.45) is 0 Å². The molecular weight excluding hydrogens is 338 g/mol. The summed E-state index contributed by atoms with van der Waals surface area (Å²) < 4.78 is 53.3. The fraction of sp³-hybridized carbons (Fsp3) is 0.400. The maximum atomic E-state index is 12.5. The van der Waals surface area contributed by atoms with Crippen LogP contribution in [0.4, 0.5) is 14.5 Å². The summed E-state index contributed by atoms with van der Waals surface area (Å²) in [5.74, 6) is 0. The summed E-state index contributed by atoms with van der Waals surface area (Å²) in [7, 11) is -3.84. The molecule has 0 bridgehead atoms. The molecule has 6 nitrogen and oxygen atoms in total. The molecule has 1 aliphatic carbocycles. The van der Waals surface area contributed by atoms with Gasteiger partial charge in [0.25, 0.3) is 6.43 Å². The summed E-state index contributed by atoms with van der Waals surface area (Å²) >= 11 is 0. The Bertz CT molecular complexity index is 836. The van der Waals surface area contributed by atoms with Crippen molar-refractivity contribution in [3.63, 3.8) is 0 Å². The average molecular weight is 356 g/mol. The van der Waals surface area contributed by atoms with Crippen molar-refractivity contribution in [2.45, 2.75) is 43.2 Å². The standard InChI is InChI=1S/C15H18F2N4O2S/c16-15(17)9-21-8-12(7-19-21)24(22,23)20-14-3-1-2-10-6-11(18)4-5-13(10)14/h4-8,14-15,20H,1-3,9,18H2. The average Bonchev–Trinajstić information content (AvgIpc) is 2.95. The molecule has 0 aliphatic heterocycles. The summed E-state index contributed by atoms with van der Waals surface area (Å²) in [4.78, 5) is -0.120. The number of nitrogens with zero attached hydrogens (tertiary/aromatic N) is 2. The molecule has 24 heavy (non-hydrogen) atoms. The number of sulfonamides is 1. The second kappa shape index (κ2) is 6.48. The number of fused-ring (bicyclic) bond motifs is 1. The van der Waals surface area contributed by atoms with Gasteiger partial charge < -0.3 is 5.73 Å². The van der Waals surface area contributed by atoms with E-state index in [0.29, 0.717) is 12.1 Å². The lowest BCUT2D eigenvalue weighted by molar-refractivity contribution is 0.121. The predicted octanol–water partition coefficient (Wildman–Crippen LogP) is 2.09. The Morgan fingerprint density at radius 1 is 1.42 bits per heavy atom. The first-order valence-electron chi connectivity index (χ1n) is 7.56. The van der Waals surface area contributed by atoms with Crippen molar-refractivity contribution in [2.75, 3.05) is 5.73 Å². The van der Waals surface area contributed by atoms with Crippen molar-refractivity contribution in [3.05, 3.63) is 41.7 Å². The van der Waals surface area contributed by atoms with Gasteiger partial charge in [0.2, 0.25) is 10.0 Å². The second-order valence-electron chi connectivity index (χ2n) is 5.81. The van der Waals surface area contributed by atoms with Crippen LogP contribution in [0.2, 0.25) is 0 Å². The SMILES string of the molecule is Nc1ccc2c(c1)CCCC2NS(=O)(=O)c1cnn(CC(F)F)c1. The monoisotopic (exact) mass is 356 g/mol. The van der Waals surface area contributed by atoms with E-state index in [1.165, 1.54) is 0 Å². The number of halogens is 2. The fourth-order valence-corrected chi connectivity index (χ4v) is 4.14. The lowest BCUT2D eigenvalue weighted by Gasteiger charge is -2.26. The van der Waals surface area contributed by atoms with E-state index >= 15 is 0 Å². The number of nitrogen functional groups attached to an aromatic ring is 1. The number of hydrogen-bond acceptors (Lipinski definition) is 4. The summed E-state index contributed by atoms with van der Waals surface area (Å²) in [6.45, 7) is -0.638. The highest BCUT2D eigenvalue weighted by atomic mass is 32.2. The van der Waals surface area contributed by atoms with Crippen LogP contribution in [0.5, 0.6) is 0 Å². The molecule has 0 fully saturated rings. The number of aryl methyl sites for hydroxylation is 1. The molecule has 3 rings (SSSR count). The largest absolute Gasteiger partial charge is 0.399 e. The van der Waals surface area contributed by atoms with E-state index < -0.39 is 23.0 Å². The second-order valence-corrected chi connectivity index (χ2v) is 7.53. The molecule has 1 atom stereocenters. The highest BCUT2D eigenvalue weighted by Crippen LogP contribution is 2.32. The third kappa shape index (κ3) is 3.57. The van der Waals surface area contributed by atoms with Crippen molar-refractivity contribution in [3.8, 4) is 0 Å². The molecule has 0 saturated carbocycles. The number of benzene rings is 1. The van der Waals surface area contributed by atoms with Gasteiger partial charge in [-0.05, 0) is 42.5 Å². The molecule has 2 aromatic rings. The lowest BCUT2D eigenvalue weighted by Crippen LogP contribution is -2.31. The molecule has 1 unspecified atom stereocenters. The molecule has 0 radical (unpaired) electrons. The van der Waals surface area contributed by atoms with E-state index in [2.05, 4.69) is 9.82 Å². The Morgan fingerprint density at radius 3 is 2.96 bits per heavy atom. The zero-order valence-corrected chi connectivity index (χ0v) is 13.6. The molecule has 0 spiro atoms. The molecule has 9 heteroatoms. The topological polar surface area (TPSA) is 90.0 Å². The summed E-state index contributed by atoms with van der Waals surface area (Å²) in [6, 6.07) is 5.07.